The molecule has 1 aromatic heterocycles. The molecule has 0 radical (unpaired) electrons. The van der Waals surface area contributed by atoms with E-state index in [2.05, 4.69) is 30.1 Å². The normalized spacial score (nSPS) is 23.8. The van der Waals surface area contributed by atoms with E-state index in [0.29, 0.717) is 6.04 Å². The van der Waals surface area contributed by atoms with Crippen molar-refractivity contribution < 1.29 is 0 Å². The molecule has 2 atom stereocenters. The van der Waals surface area contributed by atoms with Crippen LogP contribution in [-0.2, 0) is 6.54 Å². The third-order valence-electron chi connectivity index (χ3n) is 3.63. The Hall–Kier alpha value is -0.0900. The van der Waals surface area contributed by atoms with Crippen LogP contribution in [0.25, 0.3) is 0 Å². The first kappa shape index (κ1) is 13.3. The van der Waals surface area contributed by atoms with Gasteiger partial charge in [-0.15, -0.1) is 11.3 Å². The summed E-state index contributed by atoms with van der Waals surface area (Å²) in [6.07, 6.45) is 1.25. The van der Waals surface area contributed by atoms with Crippen molar-refractivity contribution in [1.82, 2.24) is 10.2 Å². The Morgan fingerprint density at radius 1 is 1.59 bits per heavy atom. The standard InChI is InChI=1S/C13H21ClN2S/c1-3-10(2)12-9-16(7-6-15-12)8-11-4-5-13(14)17-11/h4-5,10,12,15H,3,6-9H2,1-2H3. The number of rotatable bonds is 4. The lowest BCUT2D eigenvalue weighted by atomic mass is 9.97. The van der Waals surface area contributed by atoms with Crippen LogP contribution in [0.15, 0.2) is 12.1 Å². The predicted molar refractivity (Wildman–Crippen MR) is 75.9 cm³/mol. The van der Waals surface area contributed by atoms with E-state index >= 15 is 0 Å². The molecular formula is C13H21ClN2S. The van der Waals surface area contributed by atoms with Crippen molar-refractivity contribution in [2.45, 2.75) is 32.9 Å². The number of hydrogen-bond acceptors (Lipinski definition) is 3. The Morgan fingerprint density at radius 3 is 3.06 bits per heavy atom. The molecule has 0 aromatic carbocycles. The van der Waals surface area contributed by atoms with Crippen molar-refractivity contribution in [2.24, 2.45) is 5.92 Å². The Morgan fingerprint density at radius 2 is 2.41 bits per heavy atom. The molecule has 1 fully saturated rings. The van der Waals surface area contributed by atoms with Crippen LogP contribution in [0.5, 0.6) is 0 Å². The molecule has 0 aliphatic carbocycles. The maximum absolute atomic E-state index is 5.97. The van der Waals surface area contributed by atoms with Gasteiger partial charge in [0.05, 0.1) is 4.34 Å². The van der Waals surface area contributed by atoms with E-state index in [0.717, 1.165) is 36.4 Å². The highest BCUT2D eigenvalue weighted by atomic mass is 35.5. The smallest absolute Gasteiger partial charge is 0.0931 e. The van der Waals surface area contributed by atoms with Crippen molar-refractivity contribution in [1.29, 1.82) is 0 Å². The van der Waals surface area contributed by atoms with Crippen LogP contribution in [0.3, 0.4) is 0 Å². The lowest BCUT2D eigenvalue weighted by Crippen LogP contribution is -2.52. The molecule has 0 bridgehead atoms. The van der Waals surface area contributed by atoms with Crippen LogP contribution < -0.4 is 5.32 Å². The Bertz CT molecular complexity index is 353. The van der Waals surface area contributed by atoms with E-state index in [1.807, 2.05) is 6.07 Å². The zero-order chi connectivity index (χ0) is 12.3. The number of nitrogens with one attached hydrogen (secondary N) is 1. The molecule has 4 heteroatoms. The van der Waals surface area contributed by atoms with E-state index in [-0.39, 0.29) is 0 Å². The van der Waals surface area contributed by atoms with Gasteiger partial charge in [0.15, 0.2) is 0 Å². The summed E-state index contributed by atoms with van der Waals surface area (Å²) in [6.45, 7) is 9.06. The van der Waals surface area contributed by atoms with Gasteiger partial charge in [-0.05, 0) is 18.1 Å². The summed E-state index contributed by atoms with van der Waals surface area (Å²) in [5.41, 5.74) is 0. The fourth-order valence-electron chi connectivity index (χ4n) is 2.31. The molecule has 2 rings (SSSR count). The largest absolute Gasteiger partial charge is 0.311 e. The second-order valence-electron chi connectivity index (χ2n) is 4.89. The summed E-state index contributed by atoms with van der Waals surface area (Å²) in [5, 5.41) is 3.63. The Kier molecular flexibility index (Phi) is 4.86. The molecule has 0 spiro atoms. The Balaban J connectivity index is 1.89. The monoisotopic (exact) mass is 272 g/mol. The van der Waals surface area contributed by atoms with Gasteiger partial charge in [-0.3, -0.25) is 4.90 Å². The topological polar surface area (TPSA) is 15.3 Å². The van der Waals surface area contributed by atoms with Crippen LogP contribution in [0.1, 0.15) is 25.1 Å². The van der Waals surface area contributed by atoms with Gasteiger partial charge in [-0.25, -0.2) is 0 Å². The maximum atomic E-state index is 5.97. The van der Waals surface area contributed by atoms with Crippen molar-refractivity contribution in [3.8, 4) is 0 Å². The molecule has 2 nitrogen and oxygen atoms in total. The number of nitrogens with zero attached hydrogens (tertiary/aromatic N) is 1. The third-order valence-corrected chi connectivity index (χ3v) is 4.84. The summed E-state index contributed by atoms with van der Waals surface area (Å²) in [7, 11) is 0. The zero-order valence-electron chi connectivity index (χ0n) is 10.6. The fourth-order valence-corrected chi connectivity index (χ4v) is 3.44. The van der Waals surface area contributed by atoms with Crippen molar-refractivity contribution in [3.63, 3.8) is 0 Å². The molecule has 17 heavy (non-hydrogen) atoms. The first-order valence-electron chi connectivity index (χ1n) is 6.39. The van der Waals surface area contributed by atoms with Crippen LogP contribution in [0.2, 0.25) is 4.34 Å². The predicted octanol–water partition coefficient (Wildman–Crippen LogP) is 3.22. The number of piperazine rings is 1. The van der Waals surface area contributed by atoms with Crippen LogP contribution >= 0.6 is 22.9 Å². The maximum Gasteiger partial charge on any atom is 0.0931 e. The lowest BCUT2D eigenvalue weighted by molar-refractivity contribution is 0.163. The van der Waals surface area contributed by atoms with E-state index < -0.39 is 0 Å². The van der Waals surface area contributed by atoms with Crippen molar-refractivity contribution >= 4 is 22.9 Å². The second-order valence-corrected chi connectivity index (χ2v) is 6.69. The van der Waals surface area contributed by atoms with Crippen molar-refractivity contribution in [2.75, 3.05) is 19.6 Å². The van der Waals surface area contributed by atoms with Crippen LogP contribution in [0, 0.1) is 5.92 Å². The lowest BCUT2D eigenvalue weighted by Gasteiger charge is -2.36. The average Bonchev–Trinajstić information content (AvgIpc) is 2.74. The highest BCUT2D eigenvalue weighted by molar-refractivity contribution is 7.16. The summed E-state index contributed by atoms with van der Waals surface area (Å²) in [4.78, 5) is 3.91. The molecule has 1 N–H and O–H groups in total. The quantitative estimate of drug-likeness (QED) is 0.905. The molecule has 1 aromatic rings. The van der Waals surface area contributed by atoms with Gasteiger partial charge in [0, 0.05) is 37.1 Å². The van der Waals surface area contributed by atoms with Crippen LogP contribution in [0.4, 0.5) is 0 Å². The molecule has 0 amide bonds. The molecule has 96 valence electrons. The minimum Gasteiger partial charge on any atom is -0.311 e. The molecule has 2 unspecified atom stereocenters. The summed E-state index contributed by atoms with van der Waals surface area (Å²) >= 11 is 7.67. The van der Waals surface area contributed by atoms with Crippen molar-refractivity contribution in [3.05, 3.63) is 21.3 Å². The molecule has 0 saturated carbocycles. The Labute approximate surface area is 113 Å². The molecular weight excluding hydrogens is 252 g/mol. The zero-order valence-corrected chi connectivity index (χ0v) is 12.2. The summed E-state index contributed by atoms with van der Waals surface area (Å²) < 4.78 is 0.897. The van der Waals surface area contributed by atoms with Gasteiger partial charge in [-0.2, -0.15) is 0 Å². The molecule has 1 saturated heterocycles. The number of hydrogen-bond donors (Lipinski definition) is 1. The van der Waals surface area contributed by atoms with Gasteiger partial charge < -0.3 is 5.32 Å². The summed E-state index contributed by atoms with van der Waals surface area (Å²) in [5.74, 6) is 0.754. The summed E-state index contributed by atoms with van der Waals surface area (Å²) in [6, 6.07) is 4.78. The highest BCUT2D eigenvalue weighted by Crippen LogP contribution is 2.23. The third kappa shape index (κ3) is 3.68. The van der Waals surface area contributed by atoms with E-state index in [1.165, 1.54) is 11.3 Å². The minimum absolute atomic E-state index is 0.643. The van der Waals surface area contributed by atoms with Gasteiger partial charge in [-0.1, -0.05) is 31.9 Å². The van der Waals surface area contributed by atoms with E-state index in [9.17, 15) is 0 Å². The second kappa shape index (κ2) is 6.19. The van der Waals surface area contributed by atoms with Gasteiger partial charge in [0.2, 0.25) is 0 Å². The SMILES string of the molecule is CCC(C)C1CN(Cc2ccc(Cl)s2)CCN1. The van der Waals surface area contributed by atoms with Gasteiger partial charge in [0.1, 0.15) is 0 Å². The fraction of sp³-hybridized carbons (Fsp3) is 0.692. The molecule has 2 heterocycles. The first-order valence-corrected chi connectivity index (χ1v) is 7.58. The van der Waals surface area contributed by atoms with Gasteiger partial charge >= 0.3 is 0 Å². The highest BCUT2D eigenvalue weighted by Gasteiger charge is 2.23. The van der Waals surface area contributed by atoms with Gasteiger partial charge in [0.25, 0.3) is 0 Å². The average molecular weight is 273 g/mol. The van der Waals surface area contributed by atoms with Crippen LogP contribution in [-0.4, -0.2) is 30.6 Å². The number of halogens is 1. The molecule has 1 aliphatic rings. The van der Waals surface area contributed by atoms with E-state index in [4.69, 9.17) is 11.6 Å². The van der Waals surface area contributed by atoms with E-state index in [1.54, 1.807) is 11.3 Å². The number of thiophene rings is 1. The first-order chi connectivity index (χ1) is 8.19. The minimum atomic E-state index is 0.643. The molecule has 1 aliphatic heterocycles.